The van der Waals surface area contributed by atoms with Crippen LogP contribution in [0, 0.1) is 5.82 Å². The van der Waals surface area contributed by atoms with Crippen LogP contribution < -0.4 is 10.5 Å². The van der Waals surface area contributed by atoms with Gasteiger partial charge in [-0.2, -0.15) is 0 Å². The van der Waals surface area contributed by atoms with E-state index in [0.29, 0.717) is 41.3 Å². The molecule has 0 unspecified atom stereocenters. The van der Waals surface area contributed by atoms with Crippen LogP contribution in [0.4, 0.5) is 4.39 Å². The zero-order valence-corrected chi connectivity index (χ0v) is 15.2. The topological polar surface area (TPSA) is 73.4 Å². The van der Waals surface area contributed by atoms with Crippen molar-refractivity contribution in [1.82, 2.24) is 14.5 Å². The molecule has 1 fully saturated rings. The smallest absolute Gasteiger partial charge is 0.269 e. The molecule has 4 rings (SSSR count). The molecule has 0 bridgehead atoms. The third-order valence-corrected chi connectivity index (χ3v) is 5.32. The molecule has 25 heavy (non-hydrogen) atoms. The number of halogens is 2. The minimum Gasteiger partial charge on any atom is -0.491 e. The molecule has 1 saturated heterocycles. The van der Waals surface area contributed by atoms with E-state index < -0.39 is 11.7 Å². The number of primary amides is 1. The predicted molar refractivity (Wildman–Crippen MR) is 93.8 cm³/mol. The number of ether oxygens (including phenoxy) is 1. The average molecular weight is 409 g/mol. The number of hydrogen-bond donors (Lipinski definition) is 1. The van der Waals surface area contributed by atoms with E-state index in [9.17, 15) is 9.18 Å². The molecule has 1 aromatic carbocycles. The van der Waals surface area contributed by atoms with Crippen molar-refractivity contribution in [2.45, 2.75) is 25.9 Å². The van der Waals surface area contributed by atoms with E-state index in [1.807, 2.05) is 4.57 Å². The van der Waals surface area contributed by atoms with E-state index in [4.69, 9.17) is 10.5 Å². The standard InChI is InChI=1S/C17H18BrFN4O2/c18-11-7-10-14(8-12(11)19)25-6-5-23-13(9-22-3-1-2-4-22)15(16(20)24)21-17(10)23/h7-8H,1-6,9H2,(H2,20,24). The number of benzene rings is 1. The number of likely N-dealkylation sites (tertiary alicyclic amines) is 1. The van der Waals surface area contributed by atoms with Crippen molar-refractivity contribution in [2.24, 2.45) is 5.73 Å². The number of amides is 1. The van der Waals surface area contributed by atoms with Crippen molar-refractivity contribution < 1.29 is 13.9 Å². The molecule has 2 N–H and O–H groups in total. The number of imidazole rings is 1. The summed E-state index contributed by atoms with van der Waals surface area (Å²) in [5, 5.41) is 0. The number of carbonyl (C=O) groups excluding carboxylic acids is 1. The summed E-state index contributed by atoms with van der Waals surface area (Å²) < 4.78 is 21.9. The van der Waals surface area contributed by atoms with Crippen molar-refractivity contribution in [3.63, 3.8) is 0 Å². The van der Waals surface area contributed by atoms with Crippen molar-refractivity contribution in [3.8, 4) is 17.1 Å². The largest absolute Gasteiger partial charge is 0.491 e. The number of rotatable bonds is 3. The molecular weight excluding hydrogens is 391 g/mol. The zero-order valence-electron chi connectivity index (χ0n) is 13.6. The monoisotopic (exact) mass is 408 g/mol. The highest BCUT2D eigenvalue weighted by Gasteiger charge is 2.28. The minimum absolute atomic E-state index is 0.287. The summed E-state index contributed by atoms with van der Waals surface area (Å²) in [4.78, 5) is 18.8. The predicted octanol–water partition coefficient (Wildman–Crippen LogP) is 2.54. The Balaban J connectivity index is 1.86. The Labute approximate surface area is 152 Å². The molecule has 0 saturated carbocycles. The Bertz CT molecular complexity index is 846. The number of nitrogens with zero attached hydrogens (tertiary/aromatic N) is 3. The van der Waals surface area contributed by atoms with Crippen LogP contribution in [0.5, 0.6) is 5.75 Å². The second kappa shape index (κ2) is 6.42. The molecule has 1 amide bonds. The van der Waals surface area contributed by atoms with E-state index in [0.717, 1.165) is 31.6 Å². The maximum atomic E-state index is 13.9. The van der Waals surface area contributed by atoms with Gasteiger partial charge in [-0.25, -0.2) is 9.37 Å². The zero-order chi connectivity index (χ0) is 17.6. The summed E-state index contributed by atoms with van der Waals surface area (Å²) in [7, 11) is 0. The molecule has 0 radical (unpaired) electrons. The second-order valence-corrected chi connectivity index (χ2v) is 7.20. The lowest BCUT2D eigenvalue weighted by atomic mass is 10.2. The van der Waals surface area contributed by atoms with Gasteiger partial charge in [0.25, 0.3) is 5.91 Å². The first-order valence-corrected chi connectivity index (χ1v) is 9.07. The number of hydrogen-bond acceptors (Lipinski definition) is 4. The van der Waals surface area contributed by atoms with Gasteiger partial charge in [-0.05, 0) is 47.9 Å². The first-order chi connectivity index (χ1) is 12.0. The SMILES string of the molecule is NC(=O)c1nc2n(c1CN1CCCC1)CCOc1cc(F)c(Br)cc1-2. The Morgan fingerprint density at radius 2 is 2.08 bits per heavy atom. The van der Waals surface area contributed by atoms with Gasteiger partial charge in [-0.15, -0.1) is 0 Å². The van der Waals surface area contributed by atoms with Crippen LogP contribution in [-0.2, 0) is 13.1 Å². The summed E-state index contributed by atoms with van der Waals surface area (Å²) in [6.45, 7) is 3.55. The quantitative estimate of drug-likeness (QED) is 0.846. The molecule has 3 heterocycles. The Morgan fingerprint density at radius 3 is 2.80 bits per heavy atom. The summed E-state index contributed by atoms with van der Waals surface area (Å²) in [6, 6.07) is 2.98. The summed E-state index contributed by atoms with van der Waals surface area (Å²) in [5.41, 5.74) is 7.33. The fourth-order valence-corrected chi connectivity index (χ4v) is 3.86. The lowest BCUT2D eigenvalue weighted by Gasteiger charge is -2.17. The Hall–Kier alpha value is -1.93. The van der Waals surface area contributed by atoms with Crippen LogP contribution in [0.3, 0.4) is 0 Å². The van der Waals surface area contributed by atoms with Crippen molar-refractivity contribution in [3.05, 3.63) is 33.8 Å². The van der Waals surface area contributed by atoms with E-state index in [-0.39, 0.29) is 5.69 Å². The van der Waals surface area contributed by atoms with Crippen molar-refractivity contribution >= 4 is 21.8 Å². The normalized spacial score (nSPS) is 16.9. The lowest BCUT2D eigenvalue weighted by molar-refractivity contribution is 0.0993. The van der Waals surface area contributed by atoms with E-state index >= 15 is 0 Å². The average Bonchev–Trinajstić information content (AvgIpc) is 3.16. The van der Waals surface area contributed by atoms with Crippen molar-refractivity contribution in [2.75, 3.05) is 19.7 Å². The Morgan fingerprint density at radius 1 is 1.32 bits per heavy atom. The third kappa shape index (κ3) is 2.93. The van der Waals surface area contributed by atoms with Gasteiger partial charge >= 0.3 is 0 Å². The first kappa shape index (κ1) is 16.5. The van der Waals surface area contributed by atoms with E-state index in [1.165, 1.54) is 6.07 Å². The summed E-state index contributed by atoms with van der Waals surface area (Å²) >= 11 is 3.21. The number of nitrogens with two attached hydrogens (primary N) is 1. The molecule has 2 aliphatic rings. The molecule has 2 aliphatic heterocycles. The highest BCUT2D eigenvalue weighted by Crippen LogP contribution is 2.37. The van der Waals surface area contributed by atoms with Gasteiger partial charge in [-0.3, -0.25) is 9.69 Å². The lowest BCUT2D eigenvalue weighted by Crippen LogP contribution is -2.24. The molecule has 0 spiro atoms. The molecule has 132 valence electrons. The van der Waals surface area contributed by atoms with Gasteiger partial charge in [0.1, 0.15) is 24.0 Å². The fourth-order valence-electron chi connectivity index (χ4n) is 3.51. The maximum absolute atomic E-state index is 13.9. The summed E-state index contributed by atoms with van der Waals surface area (Å²) in [5.74, 6) is 0.0778. The van der Waals surface area contributed by atoms with Crippen LogP contribution in [-0.4, -0.2) is 40.1 Å². The molecule has 0 atom stereocenters. The first-order valence-electron chi connectivity index (χ1n) is 8.28. The maximum Gasteiger partial charge on any atom is 0.269 e. The minimum atomic E-state index is -0.543. The van der Waals surface area contributed by atoms with Gasteiger partial charge in [0, 0.05) is 12.6 Å². The molecule has 8 heteroatoms. The van der Waals surface area contributed by atoms with Crippen LogP contribution in [0.15, 0.2) is 16.6 Å². The number of aromatic nitrogens is 2. The van der Waals surface area contributed by atoms with E-state index in [2.05, 4.69) is 25.8 Å². The highest BCUT2D eigenvalue weighted by molar-refractivity contribution is 9.10. The van der Waals surface area contributed by atoms with Gasteiger partial charge < -0.3 is 15.0 Å². The third-order valence-electron chi connectivity index (χ3n) is 4.71. The van der Waals surface area contributed by atoms with Crippen LogP contribution >= 0.6 is 15.9 Å². The summed E-state index contributed by atoms with van der Waals surface area (Å²) in [6.07, 6.45) is 2.32. The van der Waals surface area contributed by atoms with Crippen molar-refractivity contribution in [1.29, 1.82) is 0 Å². The fraction of sp³-hybridized carbons (Fsp3) is 0.412. The van der Waals surface area contributed by atoms with Gasteiger partial charge in [-0.1, -0.05) is 0 Å². The van der Waals surface area contributed by atoms with Gasteiger partial charge in [0.15, 0.2) is 5.69 Å². The molecular formula is C17H18BrFN4O2. The van der Waals surface area contributed by atoms with Crippen LogP contribution in [0.1, 0.15) is 29.0 Å². The number of carbonyl (C=O) groups is 1. The second-order valence-electron chi connectivity index (χ2n) is 6.34. The van der Waals surface area contributed by atoms with Gasteiger partial charge in [0.05, 0.1) is 22.3 Å². The molecule has 2 aromatic rings. The Kier molecular flexibility index (Phi) is 4.24. The highest BCUT2D eigenvalue weighted by atomic mass is 79.9. The van der Waals surface area contributed by atoms with Crippen LogP contribution in [0.25, 0.3) is 11.4 Å². The van der Waals surface area contributed by atoms with Gasteiger partial charge in [0.2, 0.25) is 0 Å². The molecule has 1 aromatic heterocycles. The number of fused-ring (bicyclic) bond motifs is 3. The molecule has 6 nitrogen and oxygen atoms in total. The molecule has 0 aliphatic carbocycles. The van der Waals surface area contributed by atoms with Crippen LogP contribution in [0.2, 0.25) is 0 Å². The van der Waals surface area contributed by atoms with E-state index in [1.54, 1.807) is 6.07 Å².